The number of alkyl halides is 2. The summed E-state index contributed by atoms with van der Waals surface area (Å²) in [5, 5.41) is 0. The zero-order chi connectivity index (χ0) is 13.1. The molecule has 6 heteroatoms. The average Bonchev–Trinajstić information content (AvgIpc) is 2.66. The van der Waals surface area contributed by atoms with Crippen molar-refractivity contribution in [3.05, 3.63) is 24.3 Å². The van der Waals surface area contributed by atoms with Crippen LogP contribution < -0.4 is 15.4 Å². The topological polar surface area (TPSA) is 55.6 Å². The maximum atomic E-state index is 12.1. The smallest absolute Gasteiger partial charge is 0.272 e. The summed E-state index contributed by atoms with van der Waals surface area (Å²) in [5.74, 6) is 0.163. The van der Waals surface area contributed by atoms with Gasteiger partial charge < -0.3 is 15.4 Å². The van der Waals surface area contributed by atoms with E-state index in [1.807, 2.05) is 0 Å². The largest absolute Gasteiger partial charge is 0.485 e. The highest BCUT2D eigenvalue weighted by Crippen LogP contribution is 2.31. The molecule has 1 unspecified atom stereocenters. The van der Waals surface area contributed by atoms with Crippen molar-refractivity contribution in [3.8, 4) is 5.75 Å². The number of rotatable bonds is 4. The van der Waals surface area contributed by atoms with E-state index in [9.17, 15) is 13.6 Å². The molecule has 98 valence electrons. The van der Waals surface area contributed by atoms with Crippen molar-refractivity contribution in [3.63, 3.8) is 0 Å². The van der Waals surface area contributed by atoms with Crippen LogP contribution >= 0.6 is 0 Å². The molecule has 18 heavy (non-hydrogen) atoms. The Hall–Kier alpha value is -1.69. The van der Waals surface area contributed by atoms with Crippen LogP contribution in [0, 0.1) is 0 Å². The molecule has 2 N–H and O–H groups in total. The van der Waals surface area contributed by atoms with E-state index in [0.717, 1.165) is 0 Å². The van der Waals surface area contributed by atoms with Crippen LogP contribution in [0.1, 0.15) is 6.42 Å². The van der Waals surface area contributed by atoms with Crippen LogP contribution in [0.15, 0.2) is 24.3 Å². The lowest BCUT2D eigenvalue weighted by Crippen LogP contribution is -2.28. The van der Waals surface area contributed by atoms with Gasteiger partial charge in [-0.05, 0) is 12.1 Å². The third-order valence-electron chi connectivity index (χ3n) is 2.68. The van der Waals surface area contributed by atoms with Gasteiger partial charge in [0.05, 0.1) is 5.69 Å². The van der Waals surface area contributed by atoms with Gasteiger partial charge in [-0.2, -0.15) is 0 Å². The van der Waals surface area contributed by atoms with E-state index in [0.29, 0.717) is 12.2 Å². The number of halogens is 2. The molecule has 1 amide bonds. The Labute approximate surface area is 103 Å². The number of para-hydroxylation sites is 2. The minimum Gasteiger partial charge on any atom is -0.485 e. The second-order valence-corrected chi connectivity index (χ2v) is 4.14. The molecule has 1 aromatic carbocycles. The average molecular weight is 256 g/mol. The van der Waals surface area contributed by atoms with E-state index in [-0.39, 0.29) is 24.1 Å². The van der Waals surface area contributed by atoms with Gasteiger partial charge in [0.25, 0.3) is 6.43 Å². The van der Waals surface area contributed by atoms with E-state index in [4.69, 9.17) is 10.5 Å². The first-order valence-electron chi connectivity index (χ1n) is 5.64. The monoisotopic (exact) mass is 256 g/mol. The van der Waals surface area contributed by atoms with Crippen LogP contribution in [0.25, 0.3) is 0 Å². The molecule has 1 saturated heterocycles. The molecule has 0 aliphatic carbocycles. The van der Waals surface area contributed by atoms with Gasteiger partial charge in [0.15, 0.2) is 0 Å². The van der Waals surface area contributed by atoms with Crippen molar-refractivity contribution in [2.24, 2.45) is 5.73 Å². The molecule has 0 radical (unpaired) electrons. The third-order valence-corrected chi connectivity index (χ3v) is 2.68. The van der Waals surface area contributed by atoms with Crippen LogP contribution in [0.2, 0.25) is 0 Å². The third kappa shape index (κ3) is 2.76. The molecule has 1 aliphatic heterocycles. The minimum atomic E-state index is -2.55. The molecule has 1 fully saturated rings. The highest BCUT2D eigenvalue weighted by Gasteiger charge is 2.29. The molecule has 1 aromatic rings. The van der Waals surface area contributed by atoms with Crippen molar-refractivity contribution in [1.29, 1.82) is 0 Å². The van der Waals surface area contributed by atoms with Crippen LogP contribution in [-0.2, 0) is 4.79 Å². The Kier molecular flexibility index (Phi) is 3.76. The lowest BCUT2D eigenvalue weighted by atomic mass is 10.2. The van der Waals surface area contributed by atoms with Gasteiger partial charge in [0, 0.05) is 19.0 Å². The van der Waals surface area contributed by atoms with Crippen molar-refractivity contribution in [1.82, 2.24) is 0 Å². The van der Waals surface area contributed by atoms with Crippen molar-refractivity contribution >= 4 is 11.6 Å². The van der Waals surface area contributed by atoms with E-state index in [2.05, 4.69) is 0 Å². The molecular weight excluding hydrogens is 242 g/mol. The number of anilines is 1. The Balaban J connectivity index is 2.19. The predicted molar refractivity (Wildman–Crippen MR) is 62.9 cm³/mol. The Morgan fingerprint density at radius 2 is 2.17 bits per heavy atom. The van der Waals surface area contributed by atoms with Gasteiger partial charge in [-0.1, -0.05) is 12.1 Å². The number of hydrogen-bond acceptors (Lipinski definition) is 3. The van der Waals surface area contributed by atoms with Crippen molar-refractivity contribution in [2.75, 3.05) is 18.1 Å². The van der Waals surface area contributed by atoms with E-state index < -0.39 is 13.0 Å². The van der Waals surface area contributed by atoms with Gasteiger partial charge in [-0.3, -0.25) is 4.79 Å². The second kappa shape index (κ2) is 5.30. The number of carbonyl (C=O) groups is 1. The summed E-state index contributed by atoms with van der Waals surface area (Å²) in [6, 6.07) is 6.40. The molecule has 0 bridgehead atoms. The lowest BCUT2D eigenvalue weighted by molar-refractivity contribution is -0.117. The first-order chi connectivity index (χ1) is 8.58. The molecule has 0 spiro atoms. The van der Waals surface area contributed by atoms with Gasteiger partial charge in [-0.15, -0.1) is 0 Å². The molecule has 1 atom stereocenters. The first kappa shape index (κ1) is 12.8. The minimum absolute atomic E-state index is 0.115. The summed E-state index contributed by atoms with van der Waals surface area (Å²) in [5.41, 5.74) is 6.20. The fraction of sp³-hybridized carbons (Fsp3) is 0.417. The zero-order valence-corrected chi connectivity index (χ0v) is 9.68. The summed E-state index contributed by atoms with van der Waals surface area (Å²) in [4.78, 5) is 13.2. The summed E-state index contributed by atoms with van der Waals surface area (Å²) in [6.07, 6.45) is -2.28. The number of ether oxygens (including phenoxy) is 1. The maximum Gasteiger partial charge on any atom is 0.272 e. The fourth-order valence-corrected chi connectivity index (χ4v) is 1.92. The number of nitrogens with two attached hydrogens (primary N) is 1. The van der Waals surface area contributed by atoms with E-state index in [1.165, 1.54) is 4.90 Å². The van der Waals surface area contributed by atoms with Gasteiger partial charge in [-0.25, -0.2) is 8.78 Å². The fourth-order valence-electron chi connectivity index (χ4n) is 1.92. The maximum absolute atomic E-state index is 12.1. The standard InChI is InChI=1S/C12H14F2N2O2/c13-11(14)7-18-10-4-2-1-3-9(10)16-6-8(15)5-12(16)17/h1-4,8,11H,5-7,15H2. The van der Waals surface area contributed by atoms with Crippen LogP contribution in [0.5, 0.6) is 5.75 Å². The van der Waals surface area contributed by atoms with Crippen molar-refractivity contribution in [2.45, 2.75) is 18.9 Å². The Morgan fingerprint density at radius 3 is 2.78 bits per heavy atom. The van der Waals surface area contributed by atoms with Gasteiger partial charge >= 0.3 is 0 Å². The van der Waals surface area contributed by atoms with Crippen LogP contribution in [0.4, 0.5) is 14.5 Å². The molecule has 0 saturated carbocycles. The number of carbonyl (C=O) groups excluding carboxylic acids is 1. The summed E-state index contributed by atoms with van der Waals surface area (Å²) < 4.78 is 29.3. The first-order valence-corrected chi connectivity index (χ1v) is 5.64. The molecule has 1 aliphatic rings. The Morgan fingerprint density at radius 1 is 1.44 bits per heavy atom. The summed E-state index contributed by atoms with van der Waals surface area (Å²) >= 11 is 0. The normalized spacial score (nSPS) is 19.7. The van der Waals surface area contributed by atoms with Crippen LogP contribution in [-0.4, -0.2) is 31.5 Å². The van der Waals surface area contributed by atoms with Gasteiger partial charge in [0.1, 0.15) is 12.4 Å². The summed E-state index contributed by atoms with van der Waals surface area (Å²) in [7, 11) is 0. The van der Waals surface area contributed by atoms with E-state index >= 15 is 0 Å². The number of hydrogen-bond donors (Lipinski definition) is 1. The molecule has 1 heterocycles. The highest BCUT2D eigenvalue weighted by molar-refractivity contribution is 5.97. The number of nitrogens with zero attached hydrogens (tertiary/aromatic N) is 1. The second-order valence-electron chi connectivity index (χ2n) is 4.14. The molecule has 0 aromatic heterocycles. The van der Waals surface area contributed by atoms with Crippen LogP contribution in [0.3, 0.4) is 0 Å². The van der Waals surface area contributed by atoms with E-state index in [1.54, 1.807) is 24.3 Å². The van der Waals surface area contributed by atoms with Crippen molar-refractivity contribution < 1.29 is 18.3 Å². The lowest BCUT2D eigenvalue weighted by Gasteiger charge is -2.19. The SMILES string of the molecule is NC1CC(=O)N(c2ccccc2OCC(F)F)C1. The summed E-state index contributed by atoms with van der Waals surface area (Å²) in [6.45, 7) is -0.307. The molecular formula is C12H14F2N2O2. The highest BCUT2D eigenvalue weighted by atomic mass is 19.3. The zero-order valence-electron chi connectivity index (χ0n) is 9.68. The number of benzene rings is 1. The number of amides is 1. The van der Waals surface area contributed by atoms with Gasteiger partial charge in [0.2, 0.25) is 5.91 Å². The quantitative estimate of drug-likeness (QED) is 0.885. The molecule has 4 nitrogen and oxygen atoms in total. The predicted octanol–water partition coefficient (Wildman–Crippen LogP) is 1.39. The Bertz CT molecular complexity index is 440. The molecule has 2 rings (SSSR count).